The Morgan fingerprint density at radius 2 is 2.00 bits per heavy atom. The van der Waals surface area contributed by atoms with Gasteiger partial charge in [0.2, 0.25) is 0 Å². The van der Waals surface area contributed by atoms with Crippen LogP contribution in [0, 0.1) is 0 Å². The highest BCUT2D eigenvalue weighted by atomic mass is 32.2. The highest BCUT2D eigenvalue weighted by Gasteiger charge is 2.30. The highest BCUT2D eigenvalue weighted by molar-refractivity contribution is 8.00. The van der Waals surface area contributed by atoms with Crippen LogP contribution in [0.4, 0.5) is 13.2 Å². The zero-order chi connectivity index (χ0) is 14.6. The topological polar surface area (TPSA) is 66.8 Å². The van der Waals surface area contributed by atoms with Crippen molar-refractivity contribution in [3.05, 3.63) is 29.8 Å². The van der Waals surface area contributed by atoms with Crippen LogP contribution in [0.1, 0.15) is 11.7 Å². The minimum Gasteiger partial charge on any atom is -0.467 e. The summed E-state index contributed by atoms with van der Waals surface area (Å²) in [4.78, 5) is 10.9. The minimum absolute atomic E-state index is 0.00727. The molecule has 0 aliphatic carbocycles. The first-order chi connectivity index (χ1) is 8.74. The Hall–Kier alpha value is -1.25. The van der Waals surface area contributed by atoms with Crippen molar-refractivity contribution in [1.82, 2.24) is 0 Å². The Kier molecular flexibility index (Phi) is 5.21. The fourth-order valence-electron chi connectivity index (χ4n) is 1.33. The Bertz CT molecular complexity index is 450. The first-order valence-electron chi connectivity index (χ1n) is 5.04. The number of hydrogen-bond donors (Lipinski definition) is 2. The number of esters is 1. The normalized spacial score (nSPS) is 14.8. The number of aliphatic hydroxyl groups excluding tert-OH is 2. The van der Waals surface area contributed by atoms with Gasteiger partial charge in [-0.25, -0.2) is 4.79 Å². The zero-order valence-corrected chi connectivity index (χ0v) is 10.5. The Morgan fingerprint density at radius 1 is 1.37 bits per heavy atom. The van der Waals surface area contributed by atoms with Crippen LogP contribution in [-0.4, -0.2) is 34.9 Å². The second-order valence-corrected chi connectivity index (χ2v) is 4.67. The molecule has 0 bridgehead atoms. The van der Waals surface area contributed by atoms with Crippen LogP contribution >= 0.6 is 11.8 Å². The fourth-order valence-corrected chi connectivity index (χ4v) is 1.94. The van der Waals surface area contributed by atoms with Crippen LogP contribution < -0.4 is 0 Å². The van der Waals surface area contributed by atoms with Gasteiger partial charge in [0.05, 0.1) is 7.11 Å². The summed E-state index contributed by atoms with van der Waals surface area (Å²) < 4.78 is 40.8. The molecule has 1 aromatic rings. The molecular weight excluding hydrogens is 285 g/mol. The molecule has 0 amide bonds. The van der Waals surface area contributed by atoms with Gasteiger partial charge in [0.15, 0.2) is 6.10 Å². The van der Waals surface area contributed by atoms with E-state index in [9.17, 15) is 28.2 Å². The van der Waals surface area contributed by atoms with Gasteiger partial charge in [-0.15, -0.1) is 0 Å². The summed E-state index contributed by atoms with van der Waals surface area (Å²) in [7, 11) is 1.02. The van der Waals surface area contributed by atoms with Crippen molar-refractivity contribution in [2.75, 3.05) is 7.11 Å². The number of ether oxygens (including phenoxy) is 1. The minimum atomic E-state index is -4.45. The second-order valence-electron chi connectivity index (χ2n) is 3.53. The number of carbonyl (C=O) groups is 1. The smallest absolute Gasteiger partial charge is 0.446 e. The van der Waals surface area contributed by atoms with Gasteiger partial charge in [-0.3, -0.25) is 0 Å². The third-order valence-corrected chi connectivity index (χ3v) is 2.90. The molecule has 2 atom stereocenters. The Balaban J connectivity index is 2.90. The molecule has 1 rings (SSSR count). The number of hydrogen-bond acceptors (Lipinski definition) is 5. The predicted octanol–water partition coefficient (Wildman–Crippen LogP) is 1.87. The Morgan fingerprint density at radius 3 is 2.53 bits per heavy atom. The highest BCUT2D eigenvalue weighted by Crippen LogP contribution is 2.37. The van der Waals surface area contributed by atoms with Crippen molar-refractivity contribution in [3.8, 4) is 0 Å². The van der Waals surface area contributed by atoms with Crippen LogP contribution in [-0.2, 0) is 9.53 Å². The summed E-state index contributed by atoms with van der Waals surface area (Å²) in [6.07, 6.45) is -3.50. The number of halogens is 3. The van der Waals surface area contributed by atoms with E-state index in [0.717, 1.165) is 13.2 Å². The van der Waals surface area contributed by atoms with Crippen LogP contribution in [0.25, 0.3) is 0 Å². The average molecular weight is 296 g/mol. The van der Waals surface area contributed by atoms with E-state index in [2.05, 4.69) is 4.74 Å². The summed E-state index contributed by atoms with van der Waals surface area (Å²) >= 11 is -0.351. The van der Waals surface area contributed by atoms with Gasteiger partial charge in [-0.05, 0) is 29.5 Å². The molecule has 0 saturated heterocycles. The lowest BCUT2D eigenvalue weighted by molar-refractivity contribution is -0.156. The molecule has 2 N–H and O–H groups in total. The number of methoxy groups -OCH3 is 1. The van der Waals surface area contributed by atoms with Gasteiger partial charge in [0, 0.05) is 4.90 Å². The van der Waals surface area contributed by atoms with E-state index in [-0.39, 0.29) is 22.2 Å². The number of thioether (sulfide) groups is 1. The quantitative estimate of drug-likeness (QED) is 0.656. The van der Waals surface area contributed by atoms with Crippen LogP contribution in [0.2, 0.25) is 0 Å². The van der Waals surface area contributed by atoms with Crippen molar-refractivity contribution in [3.63, 3.8) is 0 Å². The lowest BCUT2D eigenvalue weighted by Crippen LogP contribution is -2.29. The van der Waals surface area contributed by atoms with Crippen molar-refractivity contribution in [2.24, 2.45) is 0 Å². The zero-order valence-electron chi connectivity index (χ0n) is 9.72. The maximum Gasteiger partial charge on any atom is 0.446 e. The molecule has 1 aromatic carbocycles. The van der Waals surface area contributed by atoms with E-state index in [1.165, 1.54) is 18.2 Å². The third-order valence-electron chi connectivity index (χ3n) is 2.17. The van der Waals surface area contributed by atoms with Crippen molar-refractivity contribution < 1.29 is 32.9 Å². The largest absolute Gasteiger partial charge is 0.467 e. The molecule has 0 radical (unpaired) electrons. The molecule has 8 heteroatoms. The standard InChI is InChI=1S/C11H11F3O4S/c1-18-10(17)9(16)8(15)6-3-2-4-7(5-6)19-11(12,13)14/h2-5,8-9,15-16H,1H3. The number of carbonyl (C=O) groups excluding carboxylic acids is 1. The molecule has 4 nitrogen and oxygen atoms in total. The molecule has 106 valence electrons. The van der Waals surface area contributed by atoms with Gasteiger partial charge >= 0.3 is 11.5 Å². The number of aliphatic hydroxyl groups is 2. The van der Waals surface area contributed by atoms with Gasteiger partial charge in [0.25, 0.3) is 0 Å². The summed E-state index contributed by atoms with van der Waals surface area (Å²) in [5.41, 5.74) is -4.46. The van der Waals surface area contributed by atoms with E-state index in [0.29, 0.717) is 0 Å². The van der Waals surface area contributed by atoms with E-state index in [1.807, 2.05) is 0 Å². The lowest BCUT2D eigenvalue weighted by Gasteiger charge is -2.16. The third kappa shape index (κ3) is 4.73. The maximum atomic E-state index is 12.2. The monoisotopic (exact) mass is 296 g/mol. The lowest BCUT2D eigenvalue weighted by atomic mass is 10.0. The van der Waals surface area contributed by atoms with Crippen LogP contribution in [0.3, 0.4) is 0 Å². The first kappa shape index (κ1) is 15.8. The molecular formula is C11H11F3O4S. The maximum absolute atomic E-state index is 12.2. The van der Waals surface area contributed by atoms with Gasteiger partial charge < -0.3 is 14.9 Å². The molecule has 0 aliphatic rings. The molecule has 0 spiro atoms. The SMILES string of the molecule is COC(=O)C(O)C(O)c1cccc(SC(F)(F)F)c1. The molecule has 0 heterocycles. The molecule has 0 fully saturated rings. The molecule has 19 heavy (non-hydrogen) atoms. The van der Waals surface area contributed by atoms with Crippen LogP contribution in [0.15, 0.2) is 29.2 Å². The van der Waals surface area contributed by atoms with Gasteiger partial charge in [-0.1, -0.05) is 12.1 Å². The van der Waals surface area contributed by atoms with E-state index >= 15 is 0 Å². The van der Waals surface area contributed by atoms with E-state index in [4.69, 9.17) is 0 Å². The van der Waals surface area contributed by atoms with Crippen molar-refractivity contribution >= 4 is 17.7 Å². The Labute approximate surface area is 111 Å². The van der Waals surface area contributed by atoms with Crippen molar-refractivity contribution in [1.29, 1.82) is 0 Å². The summed E-state index contributed by atoms with van der Waals surface area (Å²) in [5, 5.41) is 19.1. The van der Waals surface area contributed by atoms with E-state index < -0.39 is 23.7 Å². The summed E-state index contributed by atoms with van der Waals surface area (Å²) in [6.45, 7) is 0. The molecule has 0 saturated carbocycles. The molecule has 0 aromatic heterocycles. The summed E-state index contributed by atoms with van der Waals surface area (Å²) in [6, 6.07) is 4.85. The fraction of sp³-hybridized carbons (Fsp3) is 0.364. The van der Waals surface area contributed by atoms with Gasteiger partial charge in [0.1, 0.15) is 6.10 Å². The summed E-state index contributed by atoms with van der Waals surface area (Å²) in [5.74, 6) is -1.07. The first-order valence-corrected chi connectivity index (χ1v) is 5.86. The average Bonchev–Trinajstić information content (AvgIpc) is 2.34. The molecule has 0 aliphatic heterocycles. The van der Waals surface area contributed by atoms with Crippen molar-refractivity contribution in [2.45, 2.75) is 22.6 Å². The van der Waals surface area contributed by atoms with Crippen LogP contribution in [0.5, 0.6) is 0 Å². The number of rotatable bonds is 4. The molecule has 2 unspecified atom stereocenters. The predicted molar refractivity (Wildman–Crippen MR) is 61.3 cm³/mol. The second kappa shape index (κ2) is 6.27. The van der Waals surface area contributed by atoms with Gasteiger partial charge in [-0.2, -0.15) is 13.2 Å². The van der Waals surface area contributed by atoms with E-state index in [1.54, 1.807) is 0 Å². The number of benzene rings is 1. The number of alkyl halides is 3.